The minimum atomic E-state index is -0.284. The van der Waals surface area contributed by atoms with Gasteiger partial charge < -0.3 is 5.11 Å². The molecule has 0 amide bonds. The Morgan fingerprint density at radius 2 is 2.00 bits per heavy atom. The van der Waals surface area contributed by atoms with E-state index in [1.54, 1.807) is 6.07 Å². The third kappa shape index (κ3) is 2.44. The number of benzene rings is 1. The van der Waals surface area contributed by atoms with Crippen LogP contribution in [0.15, 0.2) is 17.7 Å². The van der Waals surface area contributed by atoms with Gasteiger partial charge in [-0.1, -0.05) is 0 Å². The van der Waals surface area contributed by atoms with Crippen molar-refractivity contribution in [1.29, 1.82) is 0 Å². The zero-order valence-electron chi connectivity index (χ0n) is 12.0. The predicted octanol–water partition coefficient (Wildman–Crippen LogP) is 3.93. The molecule has 0 unspecified atom stereocenters. The predicted molar refractivity (Wildman–Crippen MR) is 87.3 cm³/mol. The summed E-state index contributed by atoms with van der Waals surface area (Å²) in [6, 6.07) is 3.56. The zero-order chi connectivity index (χ0) is 15.9. The average molecular weight is 336 g/mol. The third-order valence-electron chi connectivity index (χ3n) is 3.83. The highest BCUT2D eigenvalue weighted by Crippen LogP contribution is 2.32. The Morgan fingerprint density at radius 3 is 2.64 bits per heavy atom. The Kier molecular flexibility index (Phi) is 4.02. The standard InChI is InChI=1S/C16H14ClNO3S/c1-8-9(5-6-12-15(8)18-13(7-17)22-12)16(21)14-10(19)3-2-4-11(14)20/h5-6,21H,2-4,7H2,1H3. The molecule has 1 aliphatic rings. The first-order chi connectivity index (χ1) is 10.5. The van der Waals surface area contributed by atoms with Gasteiger partial charge >= 0.3 is 0 Å². The van der Waals surface area contributed by atoms with Crippen molar-refractivity contribution in [3.63, 3.8) is 0 Å². The summed E-state index contributed by atoms with van der Waals surface area (Å²) in [4.78, 5) is 28.4. The summed E-state index contributed by atoms with van der Waals surface area (Å²) in [7, 11) is 0. The molecule has 4 nitrogen and oxygen atoms in total. The average Bonchev–Trinajstić information content (AvgIpc) is 2.91. The SMILES string of the molecule is Cc1c(C(O)=C2C(=O)CCCC2=O)ccc2sc(CCl)nc12. The van der Waals surface area contributed by atoms with E-state index in [2.05, 4.69) is 4.98 Å². The second-order valence-electron chi connectivity index (χ2n) is 5.25. The van der Waals surface area contributed by atoms with E-state index in [4.69, 9.17) is 11.6 Å². The maximum absolute atomic E-state index is 12.0. The highest BCUT2D eigenvalue weighted by atomic mass is 35.5. The summed E-state index contributed by atoms with van der Waals surface area (Å²) in [5, 5.41) is 11.3. The number of aliphatic hydroxyl groups excluding tert-OH is 1. The summed E-state index contributed by atoms with van der Waals surface area (Å²) in [6.07, 6.45) is 1.16. The fourth-order valence-electron chi connectivity index (χ4n) is 2.70. The molecule has 6 heteroatoms. The third-order valence-corrected chi connectivity index (χ3v) is 5.26. The molecule has 114 valence electrons. The summed E-state index contributed by atoms with van der Waals surface area (Å²) >= 11 is 7.31. The molecular weight excluding hydrogens is 322 g/mol. The number of halogens is 1. The van der Waals surface area contributed by atoms with Crippen LogP contribution in [-0.2, 0) is 15.5 Å². The molecule has 0 atom stereocenters. The van der Waals surface area contributed by atoms with Crippen molar-refractivity contribution < 1.29 is 14.7 Å². The number of hydrogen-bond acceptors (Lipinski definition) is 5. The normalized spacial score (nSPS) is 15.6. The molecule has 22 heavy (non-hydrogen) atoms. The van der Waals surface area contributed by atoms with Crippen LogP contribution in [-0.4, -0.2) is 21.7 Å². The first kappa shape index (κ1) is 15.2. The number of alkyl halides is 1. The second-order valence-corrected chi connectivity index (χ2v) is 6.63. The van der Waals surface area contributed by atoms with Crippen molar-refractivity contribution >= 4 is 50.5 Å². The van der Waals surface area contributed by atoms with Crippen LogP contribution in [0.2, 0.25) is 0 Å². The molecule has 1 aliphatic carbocycles. The topological polar surface area (TPSA) is 67.3 Å². The maximum Gasteiger partial charge on any atom is 0.170 e. The van der Waals surface area contributed by atoms with Gasteiger partial charge in [-0.2, -0.15) is 0 Å². The van der Waals surface area contributed by atoms with Crippen molar-refractivity contribution in [2.75, 3.05) is 0 Å². The lowest BCUT2D eigenvalue weighted by atomic mass is 9.89. The Balaban J connectivity index is 2.18. The van der Waals surface area contributed by atoms with Gasteiger partial charge in [-0.15, -0.1) is 22.9 Å². The molecule has 0 aliphatic heterocycles. The van der Waals surface area contributed by atoms with Crippen molar-refractivity contribution in [3.8, 4) is 0 Å². The molecular formula is C16H14ClNO3S. The molecule has 0 spiro atoms. The van der Waals surface area contributed by atoms with Gasteiger partial charge in [0.15, 0.2) is 11.6 Å². The van der Waals surface area contributed by atoms with E-state index in [0.29, 0.717) is 30.7 Å². The lowest BCUT2D eigenvalue weighted by Crippen LogP contribution is -2.20. The number of fused-ring (bicyclic) bond motifs is 1. The highest BCUT2D eigenvalue weighted by molar-refractivity contribution is 7.18. The lowest BCUT2D eigenvalue weighted by Gasteiger charge is -2.15. The van der Waals surface area contributed by atoms with Gasteiger partial charge in [-0.25, -0.2) is 4.98 Å². The number of aromatic nitrogens is 1. The number of hydrogen-bond donors (Lipinski definition) is 1. The molecule has 0 saturated heterocycles. The van der Waals surface area contributed by atoms with E-state index in [1.165, 1.54) is 11.3 Å². The van der Waals surface area contributed by atoms with Crippen LogP contribution in [0, 0.1) is 6.92 Å². The summed E-state index contributed by atoms with van der Waals surface area (Å²) < 4.78 is 0.969. The van der Waals surface area contributed by atoms with E-state index in [1.807, 2.05) is 13.0 Å². The molecule has 1 fully saturated rings. The molecule has 0 radical (unpaired) electrons. The first-order valence-electron chi connectivity index (χ1n) is 6.98. The van der Waals surface area contributed by atoms with E-state index < -0.39 is 0 Å². The Bertz CT molecular complexity index is 804. The van der Waals surface area contributed by atoms with Gasteiger partial charge in [0.05, 0.1) is 16.1 Å². The van der Waals surface area contributed by atoms with Crippen LogP contribution in [0.4, 0.5) is 0 Å². The number of thiazole rings is 1. The van der Waals surface area contributed by atoms with E-state index in [-0.39, 0.29) is 22.9 Å². The molecule has 2 aromatic rings. The van der Waals surface area contributed by atoms with Crippen LogP contribution in [0.25, 0.3) is 16.0 Å². The van der Waals surface area contributed by atoms with Crippen LogP contribution < -0.4 is 0 Å². The number of aryl methyl sites for hydroxylation is 1. The minimum Gasteiger partial charge on any atom is -0.506 e. The van der Waals surface area contributed by atoms with Gasteiger partial charge in [0.2, 0.25) is 0 Å². The first-order valence-corrected chi connectivity index (χ1v) is 8.33. The number of Topliss-reactive ketones (excluding diaryl/α,β-unsaturated/α-hetero) is 2. The molecule has 1 aromatic carbocycles. The van der Waals surface area contributed by atoms with E-state index >= 15 is 0 Å². The van der Waals surface area contributed by atoms with Crippen LogP contribution in [0.5, 0.6) is 0 Å². The van der Waals surface area contributed by atoms with Gasteiger partial charge in [-0.3, -0.25) is 9.59 Å². The molecule has 1 N–H and O–H groups in total. The largest absolute Gasteiger partial charge is 0.506 e. The van der Waals surface area contributed by atoms with E-state index in [9.17, 15) is 14.7 Å². The fraction of sp³-hybridized carbons (Fsp3) is 0.312. The number of rotatable bonds is 2. The molecule has 1 saturated carbocycles. The van der Waals surface area contributed by atoms with Crippen molar-refractivity contribution in [2.45, 2.75) is 32.1 Å². The fourth-order valence-corrected chi connectivity index (χ4v) is 3.80. The second kappa shape index (κ2) is 5.82. The van der Waals surface area contributed by atoms with Gasteiger partial charge in [0.1, 0.15) is 16.3 Å². The molecule has 0 bridgehead atoms. The summed E-state index contributed by atoms with van der Waals surface area (Å²) in [6.45, 7) is 1.82. The van der Waals surface area contributed by atoms with Crippen LogP contribution in [0.3, 0.4) is 0 Å². The number of carbonyl (C=O) groups is 2. The number of aliphatic hydroxyl groups is 1. The maximum atomic E-state index is 12.0. The van der Waals surface area contributed by atoms with Gasteiger partial charge in [-0.05, 0) is 31.0 Å². The molecule has 1 heterocycles. The number of carbonyl (C=O) groups excluding carboxylic acids is 2. The number of nitrogens with zero attached hydrogens (tertiary/aromatic N) is 1. The van der Waals surface area contributed by atoms with Gasteiger partial charge in [0, 0.05) is 18.4 Å². The monoisotopic (exact) mass is 335 g/mol. The molecule has 3 rings (SSSR count). The number of allylic oxidation sites excluding steroid dienone is 1. The Labute approximate surface area is 136 Å². The Morgan fingerprint density at radius 1 is 1.32 bits per heavy atom. The molecule has 1 aromatic heterocycles. The number of ketones is 2. The van der Waals surface area contributed by atoms with Crippen LogP contribution >= 0.6 is 22.9 Å². The van der Waals surface area contributed by atoms with Gasteiger partial charge in [0.25, 0.3) is 0 Å². The van der Waals surface area contributed by atoms with Crippen molar-refractivity contribution in [3.05, 3.63) is 33.8 Å². The highest BCUT2D eigenvalue weighted by Gasteiger charge is 2.28. The van der Waals surface area contributed by atoms with Crippen molar-refractivity contribution in [1.82, 2.24) is 4.98 Å². The lowest BCUT2D eigenvalue weighted by molar-refractivity contribution is -0.123. The summed E-state index contributed by atoms with van der Waals surface area (Å²) in [5.41, 5.74) is 1.92. The summed E-state index contributed by atoms with van der Waals surface area (Å²) in [5.74, 6) is -0.464. The van der Waals surface area contributed by atoms with E-state index in [0.717, 1.165) is 20.8 Å². The minimum absolute atomic E-state index is 0.0681. The smallest absolute Gasteiger partial charge is 0.170 e. The quantitative estimate of drug-likeness (QED) is 0.391. The van der Waals surface area contributed by atoms with Crippen molar-refractivity contribution in [2.24, 2.45) is 0 Å². The van der Waals surface area contributed by atoms with Crippen LogP contribution in [0.1, 0.15) is 35.4 Å². The Hall–Kier alpha value is -1.72. The zero-order valence-corrected chi connectivity index (χ0v) is 13.6.